The number of ether oxygens (including phenoxy) is 2. The van der Waals surface area contributed by atoms with E-state index in [9.17, 15) is 4.79 Å². The Morgan fingerprint density at radius 2 is 2.17 bits per heavy atom. The molecule has 0 atom stereocenters. The molecular formula is C14H19NO3. The van der Waals surface area contributed by atoms with Crippen molar-refractivity contribution in [3.05, 3.63) is 35.4 Å². The quantitative estimate of drug-likeness (QED) is 0.809. The lowest BCUT2D eigenvalue weighted by Gasteiger charge is -2.26. The Kier molecular flexibility index (Phi) is 4.73. The Bertz CT molecular complexity index is 400. The number of hydrogen-bond donors (Lipinski definition) is 0. The van der Waals surface area contributed by atoms with Crippen LogP contribution in [-0.2, 0) is 20.9 Å². The van der Waals surface area contributed by atoms with Crippen molar-refractivity contribution in [1.29, 1.82) is 0 Å². The highest BCUT2D eigenvalue weighted by Crippen LogP contribution is 2.05. The zero-order chi connectivity index (χ0) is 12.8. The molecule has 0 spiro atoms. The Morgan fingerprint density at radius 3 is 2.89 bits per heavy atom. The first kappa shape index (κ1) is 13.1. The lowest BCUT2D eigenvalue weighted by atomic mass is 10.1. The largest absolute Gasteiger partial charge is 0.378 e. The van der Waals surface area contributed by atoms with Gasteiger partial charge in [-0.25, -0.2) is 0 Å². The van der Waals surface area contributed by atoms with Crippen molar-refractivity contribution in [3.8, 4) is 0 Å². The highest BCUT2D eigenvalue weighted by atomic mass is 16.5. The van der Waals surface area contributed by atoms with Gasteiger partial charge in [0.15, 0.2) is 0 Å². The molecule has 0 N–H and O–H groups in total. The van der Waals surface area contributed by atoms with E-state index in [4.69, 9.17) is 9.47 Å². The van der Waals surface area contributed by atoms with Crippen LogP contribution in [0.1, 0.15) is 11.1 Å². The first-order chi connectivity index (χ1) is 8.75. The predicted octanol–water partition coefficient (Wildman–Crippen LogP) is 1.37. The van der Waals surface area contributed by atoms with Crippen molar-refractivity contribution in [2.24, 2.45) is 0 Å². The van der Waals surface area contributed by atoms with Crippen molar-refractivity contribution < 1.29 is 14.3 Å². The van der Waals surface area contributed by atoms with Gasteiger partial charge in [0.25, 0.3) is 0 Å². The lowest BCUT2D eigenvalue weighted by molar-refractivity contribution is -0.140. The number of benzene rings is 1. The molecule has 1 heterocycles. The fraction of sp³-hybridized carbons (Fsp3) is 0.500. The predicted molar refractivity (Wildman–Crippen MR) is 68.2 cm³/mol. The van der Waals surface area contributed by atoms with Crippen LogP contribution in [-0.4, -0.2) is 43.7 Å². The SMILES string of the molecule is Cc1cccc(COCC(=O)N2CCOCC2)c1. The van der Waals surface area contributed by atoms with Gasteiger partial charge >= 0.3 is 0 Å². The smallest absolute Gasteiger partial charge is 0.248 e. The summed E-state index contributed by atoms with van der Waals surface area (Å²) >= 11 is 0. The minimum absolute atomic E-state index is 0.0472. The topological polar surface area (TPSA) is 38.8 Å². The van der Waals surface area contributed by atoms with Gasteiger partial charge in [-0.15, -0.1) is 0 Å². The van der Waals surface area contributed by atoms with Crippen LogP contribution in [0.4, 0.5) is 0 Å². The normalized spacial score (nSPS) is 15.7. The van der Waals surface area contributed by atoms with Crippen molar-refractivity contribution in [3.63, 3.8) is 0 Å². The second-order valence-corrected chi connectivity index (χ2v) is 4.48. The van der Waals surface area contributed by atoms with Crippen LogP contribution in [0, 0.1) is 6.92 Å². The Hall–Kier alpha value is -1.39. The van der Waals surface area contributed by atoms with Crippen molar-refractivity contribution in [2.45, 2.75) is 13.5 Å². The maximum absolute atomic E-state index is 11.8. The number of nitrogens with zero attached hydrogens (tertiary/aromatic N) is 1. The van der Waals surface area contributed by atoms with E-state index in [-0.39, 0.29) is 12.5 Å². The van der Waals surface area contributed by atoms with Gasteiger partial charge in [0.1, 0.15) is 6.61 Å². The second-order valence-electron chi connectivity index (χ2n) is 4.48. The van der Waals surface area contributed by atoms with E-state index in [0.717, 1.165) is 5.56 Å². The molecule has 0 unspecified atom stereocenters. The van der Waals surface area contributed by atoms with Gasteiger partial charge in [-0.05, 0) is 12.5 Å². The number of aryl methyl sites for hydroxylation is 1. The van der Waals surface area contributed by atoms with Crippen LogP contribution in [0.5, 0.6) is 0 Å². The molecule has 0 bridgehead atoms. The maximum atomic E-state index is 11.8. The van der Waals surface area contributed by atoms with Gasteiger partial charge < -0.3 is 14.4 Å². The molecule has 98 valence electrons. The molecule has 1 aliphatic heterocycles. The van der Waals surface area contributed by atoms with Crippen LogP contribution in [0.25, 0.3) is 0 Å². The molecule has 0 aromatic heterocycles. The van der Waals surface area contributed by atoms with Gasteiger partial charge in [0.2, 0.25) is 5.91 Å². The number of rotatable bonds is 4. The third-order valence-corrected chi connectivity index (χ3v) is 2.94. The molecule has 0 saturated carbocycles. The standard InChI is InChI=1S/C14H19NO3/c1-12-3-2-4-13(9-12)10-18-11-14(16)15-5-7-17-8-6-15/h2-4,9H,5-8,10-11H2,1H3. The van der Waals surface area contributed by atoms with Crippen molar-refractivity contribution >= 4 is 5.91 Å². The zero-order valence-electron chi connectivity index (χ0n) is 10.7. The number of amides is 1. The van der Waals surface area contributed by atoms with Crippen LogP contribution in [0.2, 0.25) is 0 Å². The van der Waals surface area contributed by atoms with E-state index in [1.54, 1.807) is 4.90 Å². The third kappa shape index (κ3) is 3.82. The first-order valence-electron chi connectivity index (χ1n) is 6.24. The van der Waals surface area contributed by atoms with E-state index in [0.29, 0.717) is 32.9 Å². The van der Waals surface area contributed by atoms with Crippen LogP contribution < -0.4 is 0 Å². The molecule has 0 radical (unpaired) electrons. The number of hydrogen-bond acceptors (Lipinski definition) is 3. The van der Waals surface area contributed by atoms with Gasteiger partial charge in [0, 0.05) is 13.1 Å². The van der Waals surface area contributed by atoms with Crippen LogP contribution in [0.15, 0.2) is 24.3 Å². The van der Waals surface area contributed by atoms with E-state index >= 15 is 0 Å². The number of carbonyl (C=O) groups is 1. The Balaban J connectivity index is 1.73. The Labute approximate surface area is 107 Å². The molecule has 18 heavy (non-hydrogen) atoms. The van der Waals surface area contributed by atoms with E-state index in [1.165, 1.54) is 5.56 Å². The summed E-state index contributed by atoms with van der Waals surface area (Å²) < 4.78 is 10.7. The second kappa shape index (κ2) is 6.52. The van der Waals surface area contributed by atoms with Crippen molar-refractivity contribution in [2.75, 3.05) is 32.9 Å². The first-order valence-corrected chi connectivity index (χ1v) is 6.24. The van der Waals surface area contributed by atoms with Crippen molar-refractivity contribution in [1.82, 2.24) is 4.90 Å². The summed E-state index contributed by atoms with van der Waals surface area (Å²) in [7, 11) is 0. The fourth-order valence-electron chi connectivity index (χ4n) is 1.96. The molecule has 4 heteroatoms. The highest BCUT2D eigenvalue weighted by Gasteiger charge is 2.16. The van der Waals surface area contributed by atoms with Crippen LogP contribution >= 0.6 is 0 Å². The molecule has 1 aromatic rings. The number of carbonyl (C=O) groups excluding carboxylic acids is 1. The summed E-state index contributed by atoms with van der Waals surface area (Å²) in [6, 6.07) is 8.12. The fourth-order valence-corrected chi connectivity index (χ4v) is 1.96. The monoisotopic (exact) mass is 249 g/mol. The van der Waals surface area contributed by atoms with Gasteiger partial charge in [-0.2, -0.15) is 0 Å². The minimum atomic E-state index is 0.0472. The molecule has 4 nitrogen and oxygen atoms in total. The van der Waals surface area contributed by atoms with E-state index in [1.807, 2.05) is 25.1 Å². The molecule has 1 amide bonds. The summed E-state index contributed by atoms with van der Waals surface area (Å²) in [6.07, 6.45) is 0. The highest BCUT2D eigenvalue weighted by molar-refractivity contribution is 5.77. The average Bonchev–Trinajstić information content (AvgIpc) is 2.40. The summed E-state index contributed by atoms with van der Waals surface area (Å²) in [4.78, 5) is 13.6. The molecule has 1 fully saturated rings. The lowest BCUT2D eigenvalue weighted by Crippen LogP contribution is -2.42. The molecule has 0 aliphatic carbocycles. The molecule has 1 saturated heterocycles. The number of morpholine rings is 1. The molecular weight excluding hydrogens is 230 g/mol. The average molecular weight is 249 g/mol. The Morgan fingerprint density at radius 1 is 1.39 bits per heavy atom. The molecule has 1 aliphatic rings. The summed E-state index contributed by atoms with van der Waals surface area (Å²) in [5, 5.41) is 0. The van der Waals surface area contributed by atoms with Gasteiger partial charge in [-0.1, -0.05) is 29.8 Å². The molecule has 2 rings (SSSR count). The van der Waals surface area contributed by atoms with E-state index < -0.39 is 0 Å². The van der Waals surface area contributed by atoms with E-state index in [2.05, 4.69) is 6.07 Å². The van der Waals surface area contributed by atoms with Gasteiger partial charge in [0.05, 0.1) is 19.8 Å². The summed E-state index contributed by atoms with van der Waals surface area (Å²) in [5.41, 5.74) is 2.31. The van der Waals surface area contributed by atoms with Gasteiger partial charge in [-0.3, -0.25) is 4.79 Å². The zero-order valence-corrected chi connectivity index (χ0v) is 10.7. The third-order valence-electron chi connectivity index (χ3n) is 2.94. The maximum Gasteiger partial charge on any atom is 0.248 e. The summed E-state index contributed by atoms with van der Waals surface area (Å²) in [6.45, 7) is 5.28. The minimum Gasteiger partial charge on any atom is -0.378 e. The van der Waals surface area contributed by atoms with Crippen LogP contribution in [0.3, 0.4) is 0 Å². The molecule has 1 aromatic carbocycles. The summed E-state index contributed by atoms with van der Waals surface area (Å²) in [5.74, 6) is 0.0472.